The zero-order chi connectivity index (χ0) is 18.6. The molecule has 0 saturated carbocycles. The molecule has 1 N–H and O–H groups in total. The van der Waals surface area contributed by atoms with Crippen molar-refractivity contribution in [2.75, 3.05) is 21.3 Å². The first-order chi connectivity index (χ1) is 11.9. The molecule has 1 amide bonds. The van der Waals surface area contributed by atoms with Gasteiger partial charge in [0, 0.05) is 23.9 Å². The Balaban J connectivity index is 2.16. The lowest BCUT2D eigenvalue weighted by molar-refractivity contribution is -0.121. The molecule has 0 unspecified atom stereocenters. The van der Waals surface area contributed by atoms with E-state index >= 15 is 0 Å². The first-order valence-corrected chi connectivity index (χ1v) is 7.98. The quantitative estimate of drug-likeness (QED) is 0.831. The number of nitrogens with one attached hydrogen (secondary N) is 1. The molecular weight excluding hydrogens is 322 g/mol. The van der Waals surface area contributed by atoms with Gasteiger partial charge in [0.25, 0.3) is 0 Å². The molecule has 0 saturated heterocycles. The molecular formula is C18H25N3O4. The third kappa shape index (κ3) is 3.87. The van der Waals surface area contributed by atoms with Gasteiger partial charge in [0.05, 0.1) is 40.0 Å². The van der Waals surface area contributed by atoms with E-state index in [1.54, 1.807) is 37.2 Å². The minimum atomic E-state index is -0.132. The number of aryl methyl sites for hydroxylation is 1. The van der Waals surface area contributed by atoms with Gasteiger partial charge in [-0.1, -0.05) is 6.07 Å². The molecule has 1 aromatic carbocycles. The summed E-state index contributed by atoms with van der Waals surface area (Å²) >= 11 is 0. The summed E-state index contributed by atoms with van der Waals surface area (Å²) in [5, 5.41) is 7.21. The average Bonchev–Trinajstić information content (AvgIpc) is 2.93. The van der Waals surface area contributed by atoms with Gasteiger partial charge in [-0.2, -0.15) is 5.10 Å². The van der Waals surface area contributed by atoms with Crippen molar-refractivity contribution in [3.63, 3.8) is 0 Å². The molecule has 0 aliphatic heterocycles. The lowest BCUT2D eigenvalue weighted by Gasteiger charge is -2.17. The molecule has 1 atom stereocenters. The summed E-state index contributed by atoms with van der Waals surface area (Å²) in [7, 11) is 6.52. The van der Waals surface area contributed by atoms with Gasteiger partial charge >= 0.3 is 0 Å². The highest BCUT2D eigenvalue weighted by Gasteiger charge is 2.19. The number of carbonyl (C=O) groups is 1. The predicted octanol–water partition coefficient (Wildman–Crippen LogP) is 2.17. The van der Waals surface area contributed by atoms with E-state index in [4.69, 9.17) is 14.2 Å². The number of carbonyl (C=O) groups excluding carboxylic acids is 1. The Morgan fingerprint density at radius 3 is 2.40 bits per heavy atom. The largest absolute Gasteiger partial charge is 0.493 e. The number of ether oxygens (including phenoxy) is 3. The molecule has 136 valence electrons. The highest BCUT2D eigenvalue weighted by Crippen LogP contribution is 2.39. The van der Waals surface area contributed by atoms with Crippen molar-refractivity contribution >= 4 is 5.91 Å². The van der Waals surface area contributed by atoms with Crippen LogP contribution < -0.4 is 19.5 Å². The number of amides is 1. The van der Waals surface area contributed by atoms with Crippen LogP contribution >= 0.6 is 0 Å². The van der Waals surface area contributed by atoms with Crippen LogP contribution in [0.25, 0.3) is 0 Å². The summed E-state index contributed by atoms with van der Waals surface area (Å²) in [6, 6.07) is 3.44. The Morgan fingerprint density at radius 1 is 1.20 bits per heavy atom. The molecule has 0 spiro atoms. The second kappa shape index (κ2) is 7.92. The van der Waals surface area contributed by atoms with Crippen LogP contribution in [0.1, 0.15) is 29.8 Å². The Labute approximate surface area is 147 Å². The molecule has 0 radical (unpaired) electrons. The van der Waals surface area contributed by atoms with Crippen LogP contribution in [0.3, 0.4) is 0 Å². The van der Waals surface area contributed by atoms with Crippen LogP contribution in [-0.4, -0.2) is 37.0 Å². The summed E-state index contributed by atoms with van der Waals surface area (Å²) in [5.41, 5.74) is 2.75. The Kier molecular flexibility index (Phi) is 5.90. The number of hydrogen-bond donors (Lipinski definition) is 1. The Hall–Kier alpha value is -2.70. The number of benzene rings is 1. The lowest BCUT2D eigenvalue weighted by atomic mass is 10.1. The SMILES string of the molecule is COc1ccc(CC(=O)N[C@@H](C)c2cnn(C)c2C)c(OC)c1OC. The minimum absolute atomic E-state index is 0.110. The molecule has 0 bridgehead atoms. The smallest absolute Gasteiger partial charge is 0.225 e. The Bertz CT molecular complexity index is 755. The van der Waals surface area contributed by atoms with Crippen LogP contribution in [-0.2, 0) is 18.3 Å². The van der Waals surface area contributed by atoms with Crippen molar-refractivity contribution < 1.29 is 19.0 Å². The van der Waals surface area contributed by atoms with Crippen molar-refractivity contribution in [3.8, 4) is 17.2 Å². The number of rotatable bonds is 7. The normalized spacial score (nSPS) is 11.8. The molecule has 7 heteroatoms. The standard InChI is InChI=1S/C18H25N3O4/c1-11(14-10-19-21(3)12(14)2)20-16(22)9-13-7-8-15(23-4)18(25-6)17(13)24-5/h7-8,10-11H,9H2,1-6H3,(H,20,22)/t11-/m0/s1. The average molecular weight is 347 g/mol. The van der Waals surface area contributed by atoms with Gasteiger partial charge in [-0.3, -0.25) is 9.48 Å². The molecule has 1 heterocycles. The second-order valence-corrected chi connectivity index (χ2v) is 5.77. The van der Waals surface area contributed by atoms with Crippen molar-refractivity contribution in [3.05, 3.63) is 35.2 Å². The summed E-state index contributed by atoms with van der Waals surface area (Å²) in [6.07, 6.45) is 1.95. The van der Waals surface area contributed by atoms with Gasteiger partial charge in [-0.05, 0) is 19.9 Å². The topological polar surface area (TPSA) is 74.6 Å². The highest BCUT2D eigenvalue weighted by atomic mass is 16.5. The third-order valence-electron chi connectivity index (χ3n) is 4.25. The Morgan fingerprint density at radius 2 is 1.88 bits per heavy atom. The van der Waals surface area contributed by atoms with E-state index in [9.17, 15) is 4.79 Å². The molecule has 0 aliphatic carbocycles. The molecule has 7 nitrogen and oxygen atoms in total. The van der Waals surface area contributed by atoms with Gasteiger partial charge in [-0.15, -0.1) is 0 Å². The van der Waals surface area contributed by atoms with Crippen LogP contribution in [0.4, 0.5) is 0 Å². The zero-order valence-electron chi connectivity index (χ0n) is 15.5. The summed E-state index contributed by atoms with van der Waals surface area (Å²) in [6.45, 7) is 3.91. The summed E-state index contributed by atoms with van der Waals surface area (Å²) in [5.74, 6) is 1.43. The minimum Gasteiger partial charge on any atom is -0.493 e. The first-order valence-electron chi connectivity index (χ1n) is 7.98. The zero-order valence-corrected chi connectivity index (χ0v) is 15.5. The van der Waals surface area contributed by atoms with Crippen LogP contribution in [0.5, 0.6) is 17.2 Å². The first kappa shape index (κ1) is 18.6. The fourth-order valence-corrected chi connectivity index (χ4v) is 2.79. The van der Waals surface area contributed by atoms with Crippen LogP contribution in [0.2, 0.25) is 0 Å². The summed E-state index contributed by atoms with van der Waals surface area (Å²) < 4.78 is 17.8. The molecule has 2 rings (SSSR count). The molecule has 25 heavy (non-hydrogen) atoms. The fraction of sp³-hybridized carbons (Fsp3) is 0.444. The van der Waals surface area contributed by atoms with Crippen LogP contribution in [0.15, 0.2) is 18.3 Å². The number of hydrogen-bond acceptors (Lipinski definition) is 5. The van der Waals surface area contributed by atoms with Gasteiger partial charge in [0.15, 0.2) is 11.5 Å². The second-order valence-electron chi connectivity index (χ2n) is 5.77. The van der Waals surface area contributed by atoms with Crippen molar-refractivity contribution in [1.82, 2.24) is 15.1 Å². The maximum absolute atomic E-state index is 12.5. The molecule has 1 aromatic heterocycles. The van der Waals surface area contributed by atoms with Gasteiger partial charge in [-0.25, -0.2) is 0 Å². The maximum Gasteiger partial charge on any atom is 0.225 e. The number of nitrogens with zero attached hydrogens (tertiary/aromatic N) is 2. The molecule has 0 aliphatic rings. The monoisotopic (exact) mass is 347 g/mol. The number of methoxy groups -OCH3 is 3. The molecule has 0 fully saturated rings. The van der Waals surface area contributed by atoms with E-state index in [0.717, 1.165) is 16.8 Å². The predicted molar refractivity (Wildman–Crippen MR) is 94.3 cm³/mol. The van der Waals surface area contributed by atoms with Crippen molar-refractivity contribution in [1.29, 1.82) is 0 Å². The molecule has 2 aromatic rings. The van der Waals surface area contributed by atoms with Gasteiger partial charge in [0.1, 0.15) is 0 Å². The third-order valence-corrected chi connectivity index (χ3v) is 4.25. The van der Waals surface area contributed by atoms with Gasteiger partial charge in [0.2, 0.25) is 11.7 Å². The van der Waals surface area contributed by atoms with E-state index in [2.05, 4.69) is 10.4 Å². The van der Waals surface area contributed by atoms with E-state index in [0.29, 0.717) is 17.2 Å². The van der Waals surface area contributed by atoms with Crippen LogP contribution in [0, 0.1) is 6.92 Å². The van der Waals surface area contributed by atoms with Crippen molar-refractivity contribution in [2.24, 2.45) is 7.05 Å². The lowest BCUT2D eigenvalue weighted by Crippen LogP contribution is -2.28. The van der Waals surface area contributed by atoms with Gasteiger partial charge < -0.3 is 19.5 Å². The van der Waals surface area contributed by atoms with Crippen molar-refractivity contribution in [2.45, 2.75) is 26.3 Å². The summed E-state index contributed by atoms with van der Waals surface area (Å²) in [4.78, 5) is 12.5. The van der Waals surface area contributed by atoms with E-state index in [1.807, 2.05) is 20.9 Å². The maximum atomic E-state index is 12.5. The van der Waals surface area contributed by atoms with E-state index in [-0.39, 0.29) is 18.4 Å². The van der Waals surface area contributed by atoms with E-state index < -0.39 is 0 Å². The van der Waals surface area contributed by atoms with E-state index in [1.165, 1.54) is 7.11 Å². The fourth-order valence-electron chi connectivity index (χ4n) is 2.79. The number of aromatic nitrogens is 2. The highest BCUT2D eigenvalue weighted by molar-refractivity contribution is 5.80.